The summed E-state index contributed by atoms with van der Waals surface area (Å²) in [5.74, 6) is 1.00. The van der Waals surface area contributed by atoms with Crippen LogP contribution in [0.4, 0.5) is 5.69 Å². The standard InChI is InChI=1S/C15H11ClN2O4/c1-10(9-17)21-12-3-5-13(6-4-12)22-15-7-2-11(16)8-14(15)18(19)20/h2-8,10H,1H3. The fourth-order valence-electron chi connectivity index (χ4n) is 1.66. The number of nitro groups is 1. The topological polar surface area (TPSA) is 85.4 Å². The fraction of sp³-hybridized carbons (Fsp3) is 0.133. The minimum absolute atomic E-state index is 0.0912. The number of nitrogens with zero attached hydrogens (tertiary/aromatic N) is 2. The van der Waals surface area contributed by atoms with Gasteiger partial charge in [-0.3, -0.25) is 10.1 Å². The Kier molecular flexibility index (Phi) is 4.81. The molecule has 112 valence electrons. The van der Waals surface area contributed by atoms with Gasteiger partial charge in [0.15, 0.2) is 6.10 Å². The third-order valence-corrected chi connectivity index (χ3v) is 2.90. The molecule has 2 rings (SSSR count). The van der Waals surface area contributed by atoms with E-state index in [2.05, 4.69) is 0 Å². The fourth-order valence-corrected chi connectivity index (χ4v) is 1.83. The first-order valence-corrected chi connectivity index (χ1v) is 6.65. The molecule has 0 aromatic heterocycles. The van der Waals surface area contributed by atoms with Crippen molar-refractivity contribution in [1.29, 1.82) is 5.26 Å². The number of nitro benzene ring substituents is 1. The highest BCUT2D eigenvalue weighted by Gasteiger charge is 2.16. The van der Waals surface area contributed by atoms with Crippen LogP contribution >= 0.6 is 11.6 Å². The summed E-state index contributed by atoms with van der Waals surface area (Å²) in [6.45, 7) is 1.63. The Hall–Kier alpha value is -2.78. The molecular formula is C15H11ClN2O4. The van der Waals surface area contributed by atoms with Crippen molar-refractivity contribution in [2.75, 3.05) is 0 Å². The Morgan fingerprint density at radius 2 is 1.86 bits per heavy atom. The van der Waals surface area contributed by atoms with Gasteiger partial charge in [-0.25, -0.2) is 0 Å². The second-order valence-electron chi connectivity index (χ2n) is 4.33. The largest absolute Gasteiger partial charge is 0.476 e. The summed E-state index contributed by atoms with van der Waals surface area (Å²) < 4.78 is 10.8. The Bertz CT molecular complexity index is 725. The van der Waals surface area contributed by atoms with Gasteiger partial charge in [-0.05, 0) is 43.3 Å². The molecule has 0 heterocycles. The second-order valence-corrected chi connectivity index (χ2v) is 4.77. The summed E-state index contributed by atoms with van der Waals surface area (Å²) in [5.41, 5.74) is -0.217. The van der Waals surface area contributed by atoms with E-state index in [0.29, 0.717) is 11.5 Å². The van der Waals surface area contributed by atoms with E-state index >= 15 is 0 Å². The van der Waals surface area contributed by atoms with E-state index in [-0.39, 0.29) is 16.5 Å². The van der Waals surface area contributed by atoms with Crippen molar-refractivity contribution in [3.8, 4) is 23.3 Å². The normalized spacial score (nSPS) is 11.3. The summed E-state index contributed by atoms with van der Waals surface area (Å²) in [4.78, 5) is 10.4. The van der Waals surface area contributed by atoms with Gasteiger partial charge in [-0.15, -0.1) is 0 Å². The summed E-state index contributed by atoms with van der Waals surface area (Å²) in [5, 5.41) is 19.9. The third-order valence-electron chi connectivity index (χ3n) is 2.66. The quantitative estimate of drug-likeness (QED) is 0.605. The van der Waals surface area contributed by atoms with Crippen LogP contribution in [0.3, 0.4) is 0 Å². The average Bonchev–Trinajstić information content (AvgIpc) is 2.50. The van der Waals surface area contributed by atoms with Gasteiger partial charge in [-0.1, -0.05) is 11.6 Å². The maximum Gasteiger partial charge on any atom is 0.313 e. The number of benzene rings is 2. The van der Waals surface area contributed by atoms with E-state index < -0.39 is 11.0 Å². The first-order valence-electron chi connectivity index (χ1n) is 6.27. The zero-order valence-corrected chi connectivity index (χ0v) is 12.3. The molecule has 0 spiro atoms. The minimum atomic E-state index is -0.566. The Morgan fingerprint density at radius 1 is 1.23 bits per heavy atom. The number of hydrogen-bond acceptors (Lipinski definition) is 5. The molecule has 0 aliphatic heterocycles. The van der Waals surface area contributed by atoms with E-state index in [0.717, 1.165) is 0 Å². The lowest BCUT2D eigenvalue weighted by Crippen LogP contribution is -2.07. The van der Waals surface area contributed by atoms with Gasteiger partial charge < -0.3 is 9.47 Å². The first-order chi connectivity index (χ1) is 10.5. The molecule has 0 saturated carbocycles. The van der Waals surface area contributed by atoms with Crippen molar-refractivity contribution in [3.05, 3.63) is 57.6 Å². The van der Waals surface area contributed by atoms with Gasteiger partial charge in [0, 0.05) is 11.1 Å². The van der Waals surface area contributed by atoms with Gasteiger partial charge in [0.05, 0.1) is 4.92 Å². The van der Waals surface area contributed by atoms with Gasteiger partial charge in [0.2, 0.25) is 5.75 Å². The average molecular weight is 319 g/mol. The maximum absolute atomic E-state index is 11.0. The van der Waals surface area contributed by atoms with Crippen molar-refractivity contribution in [1.82, 2.24) is 0 Å². The molecular weight excluding hydrogens is 308 g/mol. The molecule has 0 bridgehead atoms. The number of ether oxygens (including phenoxy) is 2. The van der Waals surface area contributed by atoms with Crippen molar-refractivity contribution in [2.24, 2.45) is 0 Å². The van der Waals surface area contributed by atoms with Crippen LogP contribution in [-0.2, 0) is 0 Å². The predicted octanol–water partition coefficient (Wildman–Crippen LogP) is 4.33. The van der Waals surface area contributed by atoms with E-state index in [1.807, 2.05) is 6.07 Å². The molecule has 0 fully saturated rings. The van der Waals surface area contributed by atoms with Gasteiger partial charge in [0.25, 0.3) is 0 Å². The molecule has 1 atom stereocenters. The van der Waals surface area contributed by atoms with Crippen LogP contribution in [0.15, 0.2) is 42.5 Å². The Labute approximate surface area is 131 Å². The van der Waals surface area contributed by atoms with Crippen LogP contribution in [0, 0.1) is 21.4 Å². The molecule has 0 aliphatic rings. The van der Waals surface area contributed by atoms with Crippen LogP contribution in [0.2, 0.25) is 5.02 Å². The van der Waals surface area contributed by atoms with Gasteiger partial charge in [0.1, 0.15) is 17.6 Å². The molecule has 0 aliphatic carbocycles. The molecule has 0 amide bonds. The predicted molar refractivity (Wildman–Crippen MR) is 80.3 cm³/mol. The molecule has 2 aromatic carbocycles. The lowest BCUT2D eigenvalue weighted by molar-refractivity contribution is -0.385. The minimum Gasteiger partial charge on any atom is -0.476 e. The van der Waals surface area contributed by atoms with Crippen LogP contribution < -0.4 is 9.47 Å². The Morgan fingerprint density at radius 3 is 2.45 bits per heavy atom. The maximum atomic E-state index is 11.0. The van der Waals surface area contributed by atoms with Crippen LogP contribution in [0.1, 0.15) is 6.92 Å². The first kappa shape index (κ1) is 15.6. The third kappa shape index (κ3) is 3.87. The van der Waals surface area contributed by atoms with Crippen molar-refractivity contribution < 1.29 is 14.4 Å². The zero-order valence-electron chi connectivity index (χ0n) is 11.5. The molecule has 0 N–H and O–H groups in total. The second kappa shape index (κ2) is 6.78. The number of halogens is 1. The highest BCUT2D eigenvalue weighted by molar-refractivity contribution is 6.30. The lowest BCUT2D eigenvalue weighted by atomic mass is 10.3. The highest BCUT2D eigenvalue weighted by atomic mass is 35.5. The molecule has 6 nitrogen and oxygen atoms in total. The molecule has 1 unspecified atom stereocenters. The van der Waals surface area contributed by atoms with Gasteiger partial charge in [-0.2, -0.15) is 5.26 Å². The van der Waals surface area contributed by atoms with E-state index in [9.17, 15) is 10.1 Å². The molecule has 2 aromatic rings. The monoisotopic (exact) mass is 318 g/mol. The highest BCUT2D eigenvalue weighted by Crippen LogP contribution is 2.34. The van der Waals surface area contributed by atoms with E-state index in [4.69, 9.17) is 26.3 Å². The smallest absolute Gasteiger partial charge is 0.313 e. The molecule has 0 radical (unpaired) electrons. The van der Waals surface area contributed by atoms with Crippen molar-refractivity contribution in [3.63, 3.8) is 0 Å². The van der Waals surface area contributed by atoms with Crippen molar-refractivity contribution >= 4 is 17.3 Å². The number of rotatable bonds is 5. The molecule has 7 heteroatoms. The van der Waals surface area contributed by atoms with Crippen LogP contribution in [-0.4, -0.2) is 11.0 Å². The SMILES string of the molecule is CC(C#N)Oc1ccc(Oc2ccc(Cl)cc2[N+](=O)[O-])cc1. The van der Waals surface area contributed by atoms with Gasteiger partial charge >= 0.3 is 5.69 Å². The lowest BCUT2D eigenvalue weighted by Gasteiger charge is -2.09. The summed E-state index contributed by atoms with van der Waals surface area (Å²) in [7, 11) is 0. The summed E-state index contributed by atoms with van der Waals surface area (Å²) in [6.07, 6.45) is -0.566. The number of nitriles is 1. The molecule has 22 heavy (non-hydrogen) atoms. The van der Waals surface area contributed by atoms with E-state index in [1.54, 1.807) is 31.2 Å². The van der Waals surface area contributed by atoms with E-state index in [1.165, 1.54) is 18.2 Å². The Balaban J connectivity index is 2.18. The van der Waals surface area contributed by atoms with Crippen LogP contribution in [0.5, 0.6) is 17.2 Å². The number of hydrogen-bond donors (Lipinski definition) is 0. The van der Waals surface area contributed by atoms with Crippen molar-refractivity contribution in [2.45, 2.75) is 13.0 Å². The summed E-state index contributed by atoms with van der Waals surface area (Å²) in [6, 6.07) is 12.5. The summed E-state index contributed by atoms with van der Waals surface area (Å²) >= 11 is 5.74. The zero-order chi connectivity index (χ0) is 16.1. The molecule has 0 saturated heterocycles. The van der Waals surface area contributed by atoms with Crippen LogP contribution in [0.25, 0.3) is 0 Å².